The van der Waals surface area contributed by atoms with Gasteiger partial charge in [-0.15, -0.1) is 0 Å². The number of quaternary nitrogens is 1. The number of carbonyl (C=O) groups excluding carboxylic acids is 2. The Balaban J connectivity index is 4.44. The number of phosphoric ester groups is 1. The molecule has 0 fully saturated rings. The van der Waals surface area contributed by atoms with Crippen LogP contribution in [0.2, 0.25) is 0 Å². The summed E-state index contributed by atoms with van der Waals surface area (Å²) in [5, 5.41) is 0. The summed E-state index contributed by atoms with van der Waals surface area (Å²) in [4.78, 5) is 34.6. The van der Waals surface area contributed by atoms with Gasteiger partial charge in [0.05, 0.1) is 27.7 Å². The van der Waals surface area contributed by atoms with Crippen LogP contribution < -0.4 is 0 Å². The zero-order valence-corrected chi connectivity index (χ0v) is 28.1. The molecule has 0 aliphatic carbocycles. The van der Waals surface area contributed by atoms with Gasteiger partial charge in [0.15, 0.2) is 6.10 Å². The third-order valence-electron chi connectivity index (χ3n) is 6.48. The van der Waals surface area contributed by atoms with Crippen LogP contribution in [-0.2, 0) is 32.7 Å². The van der Waals surface area contributed by atoms with Crippen molar-refractivity contribution in [2.75, 3.05) is 47.5 Å². The monoisotopic (exact) mass is 618 g/mol. The summed E-state index contributed by atoms with van der Waals surface area (Å²) in [6.45, 7) is 4.19. The van der Waals surface area contributed by atoms with Crippen LogP contribution in [0.4, 0.5) is 0 Å². The van der Waals surface area contributed by atoms with Gasteiger partial charge in [-0.25, -0.2) is 4.57 Å². The van der Waals surface area contributed by atoms with Gasteiger partial charge >= 0.3 is 19.8 Å². The Hall–Kier alpha value is -1.51. The van der Waals surface area contributed by atoms with Gasteiger partial charge in [0.2, 0.25) is 0 Å². The van der Waals surface area contributed by atoms with Gasteiger partial charge in [-0.05, 0) is 38.5 Å². The van der Waals surface area contributed by atoms with Crippen molar-refractivity contribution in [3.63, 3.8) is 0 Å². The number of carbonyl (C=O) groups is 2. The van der Waals surface area contributed by atoms with Crippen molar-refractivity contribution < 1.29 is 42.1 Å². The molecule has 0 rings (SSSR count). The van der Waals surface area contributed by atoms with Gasteiger partial charge in [-0.1, -0.05) is 89.5 Å². The van der Waals surface area contributed by atoms with Crippen molar-refractivity contribution in [3.05, 3.63) is 24.3 Å². The molecule has 10 heteroatoms. The average Bonchev–Trinajstić information content (AvgIpc) is 2.92. The molecule has 0 aliphatic heterocycles. The van der Waals surface area contributed by atoms with E-state index in [-0.39, 0.29) is 26.1 Å². The van der Waals surface area contributed by atoms with Crippen LogP contribution in [0.25, 0.3) is 0 Å². The number of likely N-dealkylation sites (N-methyl/N-ethyl adjacent to an activating group) is 1. The fraction of sp³-hybridized carbons (Fsp3) is 0.812. The molecule has 0 amide bonds. The van der Waals surface area contributed by atoms with Crippen molar-refractivity contribution in [3.8, 4) is 0 Å². The Morgan fingerprint density at radius 2 is 1.31 bits per heavy atom. The average molecular weight is 619 g/mol. The van der Waals surface area contributed by atoms with E-state index in [1.54, 1.807) is 0 Å². The Kier molecular flexibility index (Phi) is 25.0. The lowest BCUT2D eigenvalue weighted by atomic mass is 10.1. The van der Waals surface area contributed by atoms with Crippen LogP contribution in [0, 0.1) is 0 Å². The fourth-order valence-corrected chi connectivity index (χ4v) is 4.59. The molecule has 0 saturated heterocycles. The SMILES string of the molecule is CCCC/C=C\C/C=C\CCCCCCCC(=O)OC(COC(=O)CCCCCC)COP(=O)(O)OCC[N+](C)(C)C. The molecule has 0 aromatic rings. The first kappa shape index (κ1) is 40.5. The van der Waals surface area contributed by atoms with Crippen molar-refractivity contribution in [2.24, 2.45) is 0 Å². The second-order valence-electron chi connectivity index (χ2n) is 11.8. The van der Waals surface area contributed by atoms with Gasteiger partial charge in [0.25, 0.3) is 0 Å². The normalized spacial score (nSPS) is 14.3. The number of hydrogen-bond donors (Lipinski definition) is 1. The summed E-state index contributed by atoms with van der Waals surface area (Å²) in [6, 6.07) is 0. The van der Waals surface area contributed by atoms with Crippen LogP contribution >= 0.6 is 7.82 Å². The van der Waals surface area contributed by atoms with Crippen LogP contribution in [0.15, 0.2) is 24.3 Å². The maximum Gasteiger partial charge on any atom is 0.472 e. The molecule has 246 valence electrons. The Bertz CT molecular complexity index is 794. The van der Waals surface area contributed by atoms with Crippen molar-refractivity contribution in [1.82, 2.24) is 0 Å². The predicted octanol–water partition coefficient (Wildman–Crippen LogP) is 7.68. The van der Waals surface area contributed by atoms with Crippen molar-refractivity contribution in [2.45, 2.75) is 123 Å². The number of ether oxygens (including phenoxy) is 2. The van der Waals surface area contributed by atoms with E-state index in [0.29, 0.717) is 17.4 Å². The molecule has 0 bridgehead atoms. The van der Waals surface area contributed by atoms with Crippen LogP contribution in [0.5, 0.6) is 0 Å². The largest absolute Gasteiger partial charge is 0.472 e. The minimum absolute atomic E-state index is 0.0290. The number of phosphoric acid groups is 1. The van der Waals surface area contributed by atoms with E-state index in [9.17, 15) is 19.0 Å². The summed E-state index contributed by atoms with van der Waals surface area (Å²) in [7, 11) is 1.46. The smallest absolute Gasteiger partial charge is 0.462 e. The van der Waals surface area contributed by atoms with Gasteiger partial charge in [-0.3, -0.25) is 18.6 Å². The van der Waals surface area contributed by atoms with Crippen LogP contribution in [0.1, 0.15) is 117 Å². The molecule has 0 spiro atoms. The van der Waals surface area contributed by atoms with E-state index >= 15 is 0 Å². The number of rotatable bonds is 28. The molecule has 0 aromatic heterocycles. The third-order valence-corrected chi connectivity index (χ3v) is 7.47. The minimum Gasteiger partial charge on any atom is -0.462 e. The zero-order valence-electron chi connectivity index (χ0n) is 27.2. The lowest BCUT2D eigenvalue weighted by Gasteiger charge is -2.24. The summed E-state index contributed by atoms with van der Waals surface area (Å²) < 4.78 is 33.7. The Labute approximate surface area is 256 Å². The summed E-state index contributed by atoms with van der Waals surface area (Å²) >= 11 is 0. The molecule has 0 saturated carbocycles. The molecule has 2 unspecified atom stereocenters. The molecule has 42 heavy (non-hydrogen) atoms. The summed E-state index contributed by atoms with van der Waals surface area (Å²) in [6.07, 6.45) is 22.8. The lowest BCUT2D eigenvalue weighted by Crippen LogP contribution is -2.37. The fourth-order valence-electron chi connectivity index (χ4n) is 3.85. The van der Waals surface area contributed by atoms with Gasteiger partial charge in [0.1, 0.15) is 19.8 Å². The number of hydrogen-bond acceptors (Lipinski definition) is 7. The highest BCUT2D eigenvalue weighted by molar-refractivity contribution is 7.47. The molecule has 0 aliphatic rings. The zero-order chi connectivity index (χ0) is 31.5. The maximum atomic E-state index is 12.5. The lowest BCUT2D eigenvalue weighted by molar-refractivity contribution is -0.870. The number of allylic oxidation sites excluding steroid dienone is 4. The van der Waals surface area contributed by atoms with E-state index in [1.807, 2.05) is 21.1 Å². The van der Waals surface area contributed by atoms with Gasteiger partial charge in [0, 0.05) is 12.8 Å². The third kappa shape index (κ3) is 28.6. The van der Waals surface area contributed by atoms with Crippen LogP contribution in [-0.4, -0.2) is 74.9 Å². The molecule has 0 heterocycles. The maximum absolute atomic E-state index is 12.5. The predicted molar refractivity (Wildman–Crippen MR) is 169 cm³/mol. The van der Waals surface area contributed by atoms with E-state index in [1.165, 1.54) is 12.8 Å². The molecular formula is C32H61NO8P+. The van der Waals surface area contributed by atoms with E-state index < -0.39 is 32.5 Å². The van der Waals surface area contributed by atoms with Crippen LogP contribution in [0.3, 0.4) is 0 Å². The highest BCUT2D eigenvalue weighted by Crippen LogP contribution is 2.43. The molecule has 0 aromatic carbocycles. The quantitative estimate of drug-likeness (QED) is 0.0313. The van der Waals surface area contributed by atoms with E-state index in [2.05, 4.69) is 38.2 Å². The summed E-state index contributed by atoms with van der Waals surface area (Å²) in [5.41, 5.74) is 0. The highest BCUT2D eigenvalue weighted by Gasteiger charge is 2.27. The molecule has 0 radical (unpaired) electrons. The van der Waals surface area contributed by atoms with Gasteiger partial charge < -0.3 is 18.9 Å². The molecule has 9 nitrogen and oxygen atoms in total. The summed E-state index contributed by atoms with van der Waals surface area (Å²) in [5.74, 6) is -0.840. The molecule has 2 atom stereocenters. The Morgan fingerprint density at radius 3 is 1.95 bits per heavy atom. The first-order chi connectivity index (χ1) is 20.0. The van der Waals surface area contributed by atoms with Crippen molar-refractivity contribution in [1.29, 1.82) is 0 Å². The second kappa shape index (κ2) is 25.9. The topological polar surface area (TPSA) is 108 Å². The highest BCUT2D eigenvalue weighted by atomic mass is 31.2. The number of esters is 2. The van der Waals surface area contributed by atoms with E-state index in [0.717, 1.165) is 70.6 Å². The number of nitrogens with zero attached hydrogens (tertiary/aromatic N) is 1. The molecule has 1 N–H and O–H groups in total. The van der Waals surface area contributed by atoms with E-state index in [4.69, 9.17) is 18.5 Å². The standard InChI is InChI=1S/C32H60NO8P/c1-6-8-10-12-13-14-15-16-17-18-19-20-21-23-25-32(35)41-30(28-38-31(34)24-22-11-9-7-2)29-40-42(36,37)39-27-26-33(3,4)5/h12-13,15-16,30H,6-11,14,17-29H2,1-5H3/p+1/b13-12-,16-15-. The van der Waals surface area contributed by atoms with Crippen molar-refractivity contribution >= 4 is 19.8 Å². The molecular weight excluding hydrogens is 557 g/mol. The minimum atomic E-state index is -4.35. The number of unbranched alkanes of at least 4 members (excludes halogenated alkanes) is 10. The van der Waals surface area contributed by atoms with Gasteiger partial charge in [-0.2, -0.15) is 0 Å². The Morgan fingerprint density at radius 1 is 0.738 bits per heavy atom. The second-order valence-corrected chi connectivity index (χ2v) is 13.3. The first-order valence-corrected chi connectivity index (χ1v) is 17.6. The first-order valence-electron chi connectivity index (χ1n) is 16.1.